The number of aromatic nitrogens is 1. The lowest BCUT2D eigenvalue weighted by Gasteiger charge is -2.13. The highest BCUT2D eigenvalue weighted by Gasteiger charge is 2.31. The highest BCUT2D eigenvalue weighted by atomic mass is 19.4. The van der Waals surface area contributed by atoms with E-state index in [0.717, 1.165) is 12.1 Å². The molecule has 0 aliphatic rings. The largest absolute Gasteiger partial charge is 0.573 e. The van der Waals surface area contributed by atoms with Crippen LogP contribution in [-0.4, -0.2) is 29.0 Å². The number of fused-ring (bicyclic) bond motifs is 1. The summed E-state index contributed by atoms with van der Waals surface area (Å²) >= 11 is 0. The van der Waals surface area contributed by atoms with E-state index in [2.05, 4.69) is 9.72 Å². The second-order valence-electron chi connectivity index (χ2n) is 5.52. The van der Waals surface area contributed by atoms with Gasteiger partial charge in [0.25, 0.3) is 0 Å². The number of carboxylic acids is 1. The predicted molar refractivity (Wildman–Crippen MR) is 92.0 cm³/mol. The van der Waals surface area contributed by atoms with E-state index in [1.807, 2.05) is 6.92 Å². The van der Waals surface area contributed by atoms with Gasteiger partial charge in [-0.05, 0) is 43.3 Å². The van der Waals surface area contributed by atoms with Gasteiger partial charge in [-0.3, -0.25) is 0 Å². The van der Waals surface area contributed by atoms with Crippen LogP contribution < -0.4 is 9.47 Å². The van der Waals surface area contributed by atoms with E-state index >= 15 is 0 Å². The fourth-order valence-corrected chi connectivity index (χ4v) is 2.68. The Labute approximate surface area is 152 Å². The molecule has 0 bridgehead atoms. The Bertz CT molecular complexity index is 1000. The van der Waals surface area contributed by atoms with E-state index in [9.17, 15) is 23.1 Å². The first-order chi connectivity index (χ1) is 12.8. The molecule has 1 N–H and O–H groups in total. The van der Waals surface area contributed by atoms with Gasteiger partial charge >= 0.3 is 12.3 Å². The summed E-state index contributed by atoms with van der Waals surface area (Å²) in [6.45, 7) is 2.23. The number of benzene rings is 2. The van der Waals surface area contributed by atoms with Crippen LogP contribution in [-0.2, 0) is 0 Å². The maximum Gasteiger partial charge on any atom is 0.573 e. The average Bonchev–Trinajstić information content (AvgIpc) is 2.60. The second kappa shape index (κ2) is 7.14. The Hall–Kier alpha value is -3.29. The number of para-hydroxylation sites is 1. The second-order valence-corrected chi connectivity index (χ2v) is 5.52. The zero-order valence-corrected chi connectivity index (χ0v) is 14.1. The lowest BCUT2D eigenvalue weighted by atomic mass is 10.0. The molecule has 8 heteroatoms. The van der Waals surface area contributed by atoms with Crippen LogP contribution in [0.3, 0.4) is 0 Å². The summed E-state index contributed by atoms with van der Waals surface area (Å²) in [5, 5.41) is 9.57. The summed E-state index contributed by atoms with van der Waals surface area (Å²) in [5.74, 6) is -1.27. The van der Waals surface area contributed by atoms with Crippen molar-refractivity contribution in [1.29, 1.82) is 0 Å². The van der Waals surface area contributed by atoms with E-state index in [1.54, 1.807) is 24.3 Å². The number of pyridine rings is 1. The fourth-order valence-electron chi connectivity index (χ4n) is 2.68. The maximum absolute atomic E-state index is 12.4. The van der Waals surface area contributed by atoms with Gasteiger partial charge in [-0.2, -0.15) is 0 Å². The molecule has 27 heavy (non-hydrogen) atoms. The number of nitrogens with zero attached hydrogens (tertiary/aromatic N) is 1. The van der Waals surface area contributed by atoms with Crippen LogP contribution in [0.5, 0.6) is 11.5 Å². The molecule has 1 heterocycles. The molecule has 0 aliphatic heterocycles. The highest BCUT2D eigenvalue weighted by Crippen LogP contribution is 2.33. The zero-order chi connectivity index (χ0) is 19.6. The summed E-state index contributed by atoms with van der Waals surface area (Å²) in [4.78, 5) is 16.1. The van der Waals surface area contributed by atoms with Gasteiger partial charge in [0, 0.05) is 10.9 Å². The molecule has 3 rings (SSSR count). The molecule has 0 saturated carbocycles. The van der Waals surface area contributed by atoms with Gasteiger partial charge in [-0.25, -0.2) is 9.78 Å². The Morgan fingerprint density at radius 1 is 1.15 bits per heavy atom. The Morgan fingerprint density at radius 2 is 1.89 bits per heavy atom. The van der Waals surface area contributed by atoms with Gasteiger partial charge in [0.05, 0.1) is 23.4 Å². The Morgan fingerprint density at radius 3 is 2.56 bits per heavy atom. The molecule has 0 fully saturated rings. The van der Waals surface area contributed by atoms with Crippen LogP contribution in [0.1, 0.15) is 17.3 Å². The van der Waals surface area contributed by atoms with Crippen molar-refractivity contribution in [3.05, 3.63) is 54.1 Å². The van der Waals surface area contributed by atoms with Crippen LogP contribution in [0.2, 0.25) is 0 Å². The monoisotopic (exact) mass is 377 g/mol. The van der Waals surface area contributed by atoms with Crippen LogP contribution in [0.4, 0.5) is 13.2 Å². The van der Waals surface area contributed by atoms with Crippen LogP contribution in [0, 0.1) is 0 Å². The zero-order valence-electron chi connectivity index (χ0n) is 14.1. The quantitative estimate of drug-likeness (QED) is 0.685. The summed E-state index contributed by atoms with van der Waals surface area (Å²) in [6.07, 6.45) is -4.87. The van der Waals surface area contributed by atoms with Crippen LogP contribution in [0.15, 0.2) is 48.5 Å². The Kier molecular flexibility index (Phi) is 4.89. The summed E-state index contributed by atoms with van der Waals surface area (Å²) in [6, 6.07) is 11.7. The van der Waals surface area contributed by atoms with Crippen molar-refractivity contribution in [2.24, 2.45) is 0 Å². The smallest absolute Gasteiger partial charge is 0.493 e. The first kappa shape index (κ1) is 18.5. The summed E-state index contributed by atoms with van der Waals surface area (Å²) in [5.41, 5.74) is 0.965. The molecule has 0 spiro atoms. The number of alkyl halides is 3. The molecule has 3 aromatic rings. The lowest BCUT2D eigenvalue weighted by molar-refractivity contribution is -0.274. The van der Waals surface area contributed by atoms with E-state index in [1.165, 1.54) is 12.1 Å². The van der Waals surface area contributed by atoms with Crippen LogP contribution >= 0.6 is 0 Å². The molecule has 0 atom stereocenters. The van der Waals surface area contributed by atoms with Gasteiger partial charge < -0.3 is 14.6 Å². The predicted octanol–water partition coefficient (Wildman–Crippen LogP) is 4.90. The summed E-state index contributed by atoms with van der Waals surface area (Å²) < 4.78 is 46.7. The number of hydrogen-bond donors (Lipinski definition) is 1. The number of carboxylic acid groups (broad SMARTS) is 1. The SMILES string of the molecule is CCOc1ccccc1-c1cc(C(=O)O)c2cc(OC(F)(F)F)ccc2n1. The molecule has 5 nitrogen and oxygen atoms in total. The third-order valence-corrected chi connectivity index (χ3v) is 3.71. The third kappa shape index (κ3) is 4.11. The molecule has 0 saturated heterocycles. The number of carbonyl (C=O) groups is 1. The molecule has 0 radical (unpaired) electrons. The number of halogens is 3. The van der Waals surface area contributed by atoms with E-state index in [0.29, 0.717) is 23.6 Å². The van der Waals surface area contributed by atoms with Crippen molar-refractivity contribution in [2.75, 3.05) is 6.61 Å². The van der Waals surface area contributed by atoms with Crippen LogP contribution in [0.25, 0.3) is 22.2 Å². The van der Waals surface area contributed by atoms with E-state index < -0.39 is 18.1 Å². The number of aromatic carboxylic acids is 1. The minimum Gasteiger partial charge on any atom is -0.493 e. The van der Waals surface area contributed by atoms with Gasteiger partial charge in [0.1, 0.15) is 11.5 Å². The molecule has 1 aromatic heterocycles. The van der Waals surface area contributed by atoms with Crippen molar-refractivity contribution >= 4 is 16.9 Å². The number of hydrogen-bond acceptors (Lipinski definition) is 4. The molecular formula is C19H14F3NO4. The van der Waals surface area contributed by atoms with Gasteiger partial charge in [-0.1, -0.05) is 12.1 Å². The Balaban J connectivity index is 2.18. The van der Waals surface area contributed by atoms with Gasteiger partial charge in [-0.15, -0.1) is 13.2 Å². The summed E-state index contributed by atoms with van der Waals surface area (Å²) in [7, 11) is 0. The fraction of sp³-hybridized carbons (Fsp3) is 0.158. The lowest BCUT2D eigenvalue weighted by Crippen LogP contribution is -2.17. The van der Waals surface area contributed by atoms with Gasteiger partial charge in [0.2, 0.25) is 0 Å². The minimum absolute atomic E-state index is 0.0434. The number of rotatable bonds is 5. The average molecular weight is 377 g/mol. The van der Waals surface area contributed by atoms with E-state index in [-0.39, 0.29) is 16.5 Å². The van der Waals surface area contributed by atoms with Crippen molar-refractivity contribution < 1.29 is 32.5 Å². The topological polar surface area (TPSA) is 68.7 Å². The van der Waals surface area contributed by atoms with Crippen molar-refractivity contribution in [1.82, 2.24) is 4.98 Å². The van der Waals surface area contributed by atoms with Crippen molar-refractivity contribution in [3.63, 3.8) is 0 Å². The molecular weight excluding hydrogens is 363 g/mol. The standard InChI is InChI=1S/C19H14F3NO4/c1-2-26-17-6-4-3-5-12(17)16-10-14(18(24)25)13-9-11(27-19(20,21)22)7-8-15(13)23-16/h3-10H,2H2,1H3,(H,24,25). The molecule has 2 aromatic carbocycles. The molecule has 0 unspecified atom stereocenters. The normalized spacial score (nSPS) is 11.4. The minimum atomic E-state index is -4.87. The molecule has 140 valence electrons. The number of ether oxygens (including phenoxy) is 2. The van der Waals surface area contributed by atoms with Crippen molar-refractivity contribution in [3.8, 4) is 22.8 Å². The highest BCUT2D eigenvalue weighted by molar-refractivity contribution is 6.04. The van der Waals surface area contributed by atoms with Crippen molar-refractivity contribution in [2.45, 2.75) is 13.3 Å². The third-order valence-electron chi connectivity index (χ3n) is 3.71. The maximum atomic E-state index is 12.4. The molecule has 0 amide bonds. The van der Waals surface area contributed by atoms with E-state index in [4.69, 9.17) is 4.74 Å². The first-order valence-corrected chi connectivity index (χ1v) is 7.94. The van der Waals surface area contributed by atoms with Gasteiger partial charge in [0.15, 0.2) is 0 Å². The molecule has 0 aliphatic carbocycles. The first-order valence-electron chi connectivity index (χ1n) is 7.94.